The normalized spacial score (nSPS) is 16.4. The first-order valence-corrected chi connectivity index (χ1v) is 8.17. The van der Waals surface area contributed by atoms with Crippen LogP contribution >= 0.6 is 0 Å². The first-order chi connectivity index (χ1) is 11.2. The van der Waals surface area contributed by atoms with Crippen LogP contribution in [0.2, 0.25) is 0 Å². The fourth-order valence-electron chi connectivity index (χ4n) is 3.23. The van der Waals surface area contributed by atoms with Gasteiger partial charge in [-0.15, -0.1) is 0 Å². The molecule has 0 aliphatic carbocycles. The second kappa shape index (κ2) is 7.01. The van der Waals surface area contributed by atoms with Crippen molar-refractivity contribution in [2.24, 2.45) is 7.05 Å². The molecule has 0 radical (unpaired) electrons. The van der Waals surface area contributed by atoms with E-state index in [4.69, 9.17) is 4.74 Å². The number of piperidine rings is 1. The summed E-state index contributed by atoms with van der Waals surface area (Å²) >= 11 is 0. The fraction of sp³-hybridized carbons (Fsp3) is 0.421. The molecular formula is C19H24N2O2. The summed E-state index contributed by atoms with van der Waals surface area (Å²) in [5.41, 5.74) is 2.60. The third kappa shape index (κ3) is 3.82. The van der Waals surface area contributed by atoms with Gasteiger partial charge in [-0.05, 0) is 61.2 Å². The molecule has 3 rings (SSSR count). The quantitative estimate of drug-likeness (QED) is 0.870. The van der Waals surface area contributed by atoms with Crippen molar-refractivity contribution in [3.05, 3.63) is 64.1 Å². The third-order valence-corrected chi connectivity index (χ3v) is 4.75. The summed E-state index contributed by atoms with van der Waals surface area (Å²) in [6.07, 6.45) is 4.11. The molecule has 2 heterocycles. The Labute approximate surface area is 137 Å². The molecule has 4 heteroatoms. The van der Waals surface area contributed by atoms with Gasteiger partial charge >= 0.3 is 0 Å². The van der Waals surface area contributed by atoms with E-state index in [1.54, 1.807) is 24.8 Å². The van der Waals surface area contributed by atoms with Crippen molar-refractivity contribution in [3.8, 4) is 5.75 Å². The molecule has 1 fully saturated rings. The molecular weight excluding hydrogens is 288 g/mol. The van der Waals surface area contributed by atoms with Crippen LogP contribution in [0.15, 0.2) is 47.4 Å². The number of pyridine rings is 1. The van der Waals surface area contributed by atoms with E-state index in [0.717, 1.165) is 38.2 Å². The Morgan fingerprint density at radius 2 is 1.83 bits per heavy atom. The minimum atomic E-state index is 0.0863. The van der Waals surface area contributed by atoms with Crippen molar-refractivity contribution < 1.29 is 4.74 Å². The van der Waals surface area contributed by atoms with Crippen LogP contribution in [0.1, 0.15) is 29.9 Å². The van der Waals surface area contributed by atoms with Gasteiger partial charge in [0.2, 0.25) is 0 Å². The lowest BCUT2D eigenvalue weighted by molar-refractivity contribution is 0.204. The number of methoxy groups -OCH3 is 1. The largest absolute Gasteiger partial charge is 0.497 e. The first kappa shape index (κ1) is 15.8. The number of aromatic nitrogens is 1. The molecule has 1 aromatic carbocycles. The van der Waals surface area contributed by atoms with E-state index in [1.165, 1.54) is 11.1 Å². The number of rotatable bonds is 4. The maximum Gasteiger partial charge on any atom is 0.250 e. The van der Waals surface area contributed by atoms with Gasteiger partial charge in [0, 0.05) is 25.9 Å². The summed E-state index contributed by atoms with van der Waals surface area (Å²) < 4.78 is 6.83. The van der Waals surface area contributed by atoms with Crippen LogP contribution < -0.4 is 10.3 Å². The van der Waals surface area contributed by atoms with E-state index in [9.17, 15) is 4.79 Å². The van der Waals surface area contributed by atoms with E-state index >= 15 is 0 Å². The van der Waals surface area contributed by atoms with Gasteiger partial charge in [-0.2, -0.15) is 0 Å². The molecule has 0 spiro atoms. The maximum absolute atomic E-state index is 11.8. The highest BCUT2D eigenvalue weighted by atomic mass is 16.5. The second-order valence-corrected chi connectivity index (χ2v) is 6.31. The van der Waals surface area contributed by atoms with E-state index in [2.05, 4.69) is 23.1 Å². The van der Waals surface area contributed by atoms with Crippen LogP contribution in [-0.4, -0.2) is 29.7 Å². The van der Waals surface area contributed by atoms with Gasteiger partial charge in [0.15, 0.2) is 0 Å². The van der Waals surface area contributed by atoms with Crippen molar-refractivity contribution in [1.82, 2.24) is 9.47 Å². The molecule has 0 bridgehead atoms. The predicted molar refractivity (Wildman–Crippen MR) is 91.9 cm³/mol. The van der Waals surface area contributed by atoms with Crippen molar-refractivity contribution in [2.45, 2.75) is 25.3 Å². The predicted octanol–water partition coefficient (Wildman–Crippen LogP) is 2.77. The maximum atomic E-state index is 11.8. The summed E-state index contributed by atoms with van der Waals surface area (Å²) in [6.45, 7) is 3.13. The zero-order chi connectivity index (χ0) is 16.2. The van der Waals surface area contributed by atoms with E-state index in [-0.39, 0.29) is 5.56 Å². The van der Waals surface area contributed by atoms with Crippen LogP contribution in [0.4, 0.5) is 0 Å². The molecule has 122 valence electrons. The minimum absolute atomic E-state index is 0.0863. The first-order valence-electron chi connectivity index (χ1n) is 8.17. The van der Waals surface area contributed by atoms with E-state index in [0.29, 0.717) is 5.92 Å². The monoisotopic (exact) mass is 312 g/mol. The Morgan fingerprint density at radius 3 is 2.43 bits per heavy atom. The molecule has 1 aromatic heterocycles. The SMILES string of the molecule is COc1ccc(CN2CCC(c3ccn(C)c(=O)c3)CC2)cc1. The fourth-order valence-corrected chi connectivity index (χ4v) is 3.23. The van der Waals surface area contributed by atoms with Crippen molar-refractivity contribution in [2.75, 3.05) is 20.2 Å². The summed E-state index contributed by atoms with van der Waals surface area (Å²) in [4.78, 5) is 14.3. The molecule has 0 saturated carbocycles. The number of hydrogen-bond donors (Lipinski definition) is 0. The lowest BCUT2D eigenvalue weighted by Gasteiger charge is -2.32. The zero-order valence-electron chi connectivity index (χ0n) is 13.9. The van der Waals surface area contributed by atoms with Crippen molar-refractivity contribution >= 4 is 0 Å². The van der Waals surface area contributed by atoms with E-state index < -0.39 is 0 Å². The Bertz CT molecular complexity index is 698. The molecule has 0 atom stereocenters. The summed E-state index contributed by atoms with van der Waals surface area (Å²) in [5.74, 6) is 1.41. The second-order valence-electron chi connectivity index (χ2n) is 6.31. The van der Waals surface area contributed by atoms with Crippen LogP contribution in [0.3, 0.4) is 0 Å². The third-order valence-electron chi connectivity index (χ3n) is 4.75. The molecule has 23 heavy (non-hydrogen) atoms. The molecule has 4 nitrogen and oxygen atoms in total. The van der Waals surface area contributed by atoms with Gasteiger partial charge < -0.3 is 9.30 Å². The van der Waals surface area contributed by atoms with Gasteiger partial charge in [-0.3, -0.25) is 9.69 Å². The Hall–Kier alpha value is -2.07. The summed E-state index contributed by atoms with van der Waals surface area (Å²) in [5, 5.41) is 0. The number of benzene rings is 1. The number of ether oxygens (including phenoxy) is 1. The van der Waals surface area contributed by atoms with Crippen molar-refractivity contribution in [1.29, 1.82) is 0 Å². The zero-order valence-corrected chi connectivity index (χ0v) is 13.9. The Morgan fingerprint density at radius 1 is 1.13 bits per heavy atom. The number of nitrogens with zero attached hydrogens (tertiary/aromatic N) is 2. The average Bonchev–Trinajstić information content (AvgIpc) is 2.59. The van der Waals surface area contributed by atoms with Gasteiger partial charge in [0.05, 0.1) is 7.11 Å². The number of hydrogen-bond acceptors (Lipinski definition) is 3. The molecule has 0 unspecified atom stereocenters. The smallest absolute Gasteiger partial charge is 0.250 e. The van der Waals surface area contributed by atoms with E-state index in [1.807, 2.05) is 18.3 Å². The highest BCUT2D eigenvalue weighted by Crippen LogP contribution is 2.28. The summed E-state index contributed by atoms with van der Waals surface area (Å²) in [6, 6.07) is 12.2. The Kier molecular flexibility index (Phi) is 4.82. The highest BCUT2D eigenvalue weighted by Gasteiger charge is 2.21. The molecule has 0 amide bonds. The molecule has 1 aliphatic heterocycles. The molecule has 1 saturated heterocycles. The molecule has 0 N–H and O–H groups in total. The standard InChI is InChI=1S/C19H24N2O2/c1-20-10-7-17(13-19(20)22)16-8-11-21(12-9-16)14-15-3-5-18(23-2)6-4-15/h3-7,10,13,16H,8-9,11-12,14H2,1-2H3. The van der Waals surface area contributed by atoms with Crippen LogP contribution in [0.25, 0.3) is 0 Å². The van der Waals surface area contributed by atoms with Crippen molar-refractivity contribution in [3.63, 3.8) is 0 Å². The number of aryl methyl sites for hydroxylation is 1. The highest BCUT2D eigenvalue weighted by molar-refractivity contribution is 5.27. The van der Waals surface area contributed by atoms with Crippen LogP contribution in [0.5, 0.6) is 5.75 Å². The topological polar surface area (TPSA) is 34.5 Å². The summed E-state index contributed by atoms with van der Waals surface area (Å²) in [7, 11) is 3.49. The van der Waals surface area contributed by atoms with Gasteiger partial charge in [0.25, 0.3) is 5.56 Å². The van der Waals surface area contributed by atoms with Gasteiger partial charge in [0.1, 0.15) is 5.75 Å². The minimum Gasteiger partial charge on any atom is -0.497 e. The van der Waals surface area contributed by atoms with Crippen LogP contribution in [0, 0.1) is 0 Å². The lowest BCUT2D eigenvalue weighted by atomic mass is 9.90. The molecule has 2 aromatic rings. The van der Waals surface area contributed by atoms with Crippen LogP contribution in [-0.2, 0) is 13.6 Å². The number of likely N-dealkylation sites (tertiary alicyclic amines) is 1. The lowest BCUT2D eigenvalue weighted by Crippen LogP contribution is -2.32. The average molecular weight is 312 g/mol. The van der Waals surface area contributed by atoms with Gasteiger partial charge in [-0.25, -0.2) is 0 Å². The molecule has 1 aliphatic rings. The van der Waals surface area contributed by atoms with Gasteiger partial charge in [-0.1, -0.05) is 12.1 Å². The Balaban J connectivity index is 1.57.